The molecule has 0 spiro atoms. The van der Waals surface area contributed by atoms with Crippen LogP contribution < -0.4 is 5.32 Å². The van der Waals surface area contributed by atoms with Gasteiger partial charge in [0.2, 0.25) is 12.4 Å². The van der Waals surface area contributed by atoms with E-state index in [-0.39, 0.29) is 6.42 Å². The molecule has 0 amide bonds. The number of aliphatic imine (C=N–C) groups is 1. The maximum absolute atomic E-state index is 13.2. The van der Waals surface area contributed by atoms with E-state index in [1.807, 2.05) is 22.7 Å². The number of nitrogens with one attached hydrogen (secondary N) is 1. The molecule has 0 aliphatic carbocycles. The van der Waals surface area contributed by atoms with Crippen LogP contribution in [0, 0.1) is 0 Å². The normalized spacial score (nSPS) is 21.0. The summed E-state index contributed by atoms with van der Waals surface area (Å²) in [5.74, 6) is 0.101. The summed E-state index contributed by atoms with van der Waals surface area (Å²) in [5, 5.41) is 8.24. The maximum atomic E-state index is 13.2. The van der Waals surface area contributed by atoms with E-state index in [4.69, 9.17) is 14.8 Å². The fourth-order valence-corrected chi connectivity index (χ4v) is 5.35. The number of likely N-dealkylation sites (tertiary alicyclic amines) is 1. The highest BCUT2D eigenvalue weighted by atomic mass is 19.3. The number of fused-ring (bicyclic) bond motifs is 2. The van der Waals surface area contributed by atoms with Gasteiger partial charge in [-0.2, -0.15) is 0 Å². The molecular weight excluding hydrogens is 464 g/mol. The number of rotatable bonds is 7. The Morgan fingerprint density at radius 3 is 2.75 bits per heavy atom. The van der Waals surface area contributed by atoms with Crippen LogP contribution in [0.3, 0.4) is 0 Å². The zero-order chi connectivity index (χ0) is 24.8. The third-order valence-corrected chi connectivity index (χ3v) is 7.48. The first-order chi connectivity index (χ1) is 17.5. The first-order valence-electron chi connectivity index (χ1n) is 12.4. The van der Waals surface area contributed by atoms with Crippen LogP contribution in [-0.2, 0) is 4.74 Å². The summed E-state index contributed by atoms with van der Waals surface area (Å²) in [4.78, 5) is 16.3. The molecule has 3 aliphatic heterocycles. The third-order valence-electron chi connectivity index (χ3n) is 7.48. The van der Waals surface area contributed by atoms with E-state index in [0.29, 0.717) is 40.8 Å². The number of alkyl halides is 2. The SMILES string of the molecule is C=Cc1cc(-c2ccc3c(n2)C(CC(F)F)C(C)=N3)c2cnc(NC3CCN(C4COC4)CC3)nn12. The zero-order valence-electron chi connectivity index (χ0n) is 20.2. The summed E-state index contributed by atoms with van der Waals surface area (Å²) < 4.78 is 33.5. The zero-order valence-corrected chi connectivity index (χ0v) is 20.2. The molecule has 3 aromatic rings. The molecule has 6 rings (SSSR count). The van der Waals surface area contributed by atoms with Gasteiger partial charge in [-0.3, -0.25) is 9.89 Å². The number of aromatic nitrogens is 4. The van der Waals surface area contributed by atoms with Gasteiger partial charge in [-0.15, -0.1) is 5.10 Å². The molecule has 188 valence electrons. The second kappa shape index (κ2) is 9.33. The van der Waals surface area contributed by atoms with Crippen LogP contribution >= 0.6 is 0 Å². The number of hydrogen-bond acceptors (Lipinski definition) is 7. The summed E-state index contributed by atoms with van der Waals surface area (Å²) in [7, 11) is 0. The van der Waals surface area contributed by atoms with Gasteiger partial charge >= 0.3 is 0 Å². The van der Waals surface area contributed by atoms with Gasteiger partial charge in [0.25, 0.3) is 0 Å². The van der Waals surface area contributed by atoms with Crippen molar-refractivity contribution in [3.8, 4) is 11.3 Å². The minimum absolute atomic E-state index is 0.279. The molecule has 36 heavy (non-hydrogen) atoms. The van der Waals surface area contributed by atoms with Gasteiger partial charge in [0.05, 0.1) is 53.7 Å². The number of anilines is 1. The van der Waals surface area contributed by atoms with Gasteiger partial charge < -0.3 is 10.1 Å². The number of pyridine rings is 1. The average molecular weight is 494 g/mol. The van der Waals surface area contributed by atoms with Gasteiger partial charge in [0, 0.05) is 42.7 Å². The Balaban J connectivity index is 1.25. The topological polar surface area (TPSA) is 79.9 Å². The molecule has 10 heteroatoms. The molecule has 1 N–H and O–H groups in total. The van der Waals surface area contributed by atoms with Crippen molar-refractivity contribution in [3.63, 3.8) is 0 Å². The Morgan fingerprint density at radius 2 is 2.06 bits per heavy atom. The Morgan fingerprint density at radius 1 is 1.25 bits per heavy atom. The van der Waals surface area contributed by atoms with Crippen LogP contribution in [0.2, 0.25) is 0 Å². The average Bonchev–Trinajstić information content (AvgIpc) is 3.35. The predicted molar refractivity (Wildman–Crippen MR) is 135 cm³/mol. The second-order valence-corrected chi connectivity index (χ2v) is 9.75. The van der Waals surface area contributed by atoms with Crippen molar-refractivity contribution in [2.24, 2.45) is 4.99 Å². The molecule has 2 saturated heterocycles. The summed E-state index contributed by atoms with van der Waals surface area (Å²) in [6.45, 7) is 9.50. The minimum atomic E-state index is -2.42. The van der Waals surface area contributed by atoms with Crippen LogP contribution in [0.5, 0.6) is 0 Å². The monoisotopic (exact) mass is 493 g/mol. The van der Waals surface area contributed by atoms with E-state index in [1.165, 1.54) is 0 Å². The van der Waals surface area contributed by atoms with E-state index in [9.17, 15) is 8.78 Å². The smallest absolute Gasteiger partial charge is 0.241 e. The summed E-state index contributed by atoms with van der Waals surface area (Å²) in [5.41, 5.74) is 5.04. The third kappa shape index (κ3) is 4.18. The number of piperidine rings is 1. The van der Waals surface area contributed by atoms with Crippen molar-refractivity contribution in [2.45, 2.75) is 50.6 Å². The van der Waals surface area contributed by atoms with E-state index in [1.54, 1.807) is 19.2 Å². The highest BCUT2D eigenvalue weighted by Crippen LogP contribution is 2.39. The van der Waals surface area contributed by atoms with Crippen molar-refractivity contribution in [2.75, 3.05) is 31.6 Å². The highest BCUT2D eigenvalue weighted by molar-refractivity contribution is 5.96. The van der Waals surface area contributed by atoms with Gasteiger partial charge in [-0.05, 0) is 44.0 Å². The number of nitrogens with zero attached hydrogens (tertiary/aromatic N) is 6. The number of halogens is 2. The molecule has 1 unspecified atom stereocenters. The van der Waals surface area contributed by atoms with Crippen molar-refractivity contribution < 1.29 is 13.5 Å². The van der Waals surface area contributed by atoms with Gasteiger partial charge in [-0.25, -0.2) is 23.3 Å². The quantitative estimate of drug-likeness (QED) is 0.520. The molecule has 0 radical (unpaired) electrons. The molecule has 3 aliphatic rings. The van der Waals surface area contributed by atoms with E-state index >= 15 is 0 Å². The van der Waals surface area contributed by atoms with Crippen LogP contribution in [0.4, 0.5) is 20.4 Å². The fourth-order valence-electron chi connectivity index (χ4n) is 5.35. The first-order valence-corrected chi connectivity index (χ1v) is 12.4. The Kier molecular flexibility index (Phi) is 6.00. The number of hydrogen-bond donors (Lipinski definition) is 1. The summed E-state index contributed by atoms with van der Waals surface area (Å²) in [6.07, 6.45) is 2.89. The van der Waals surface area contributed by atoms with Crippen molar-refractivity contribution >= 4 is 28.9 Å². The largest absolute Gasteiger partial charge is 0.378 e. The van der Waals surface area contributed by atoms with Gasteiger partial charge in [-0.1, -0.05) is 6.58 Å². The predicted octanol–water partition coefficient (Wildman–Crippen LogP) is 4.55. The van der Waals surface area contributed by atoms with Crippen molar-refractivity contribution in [1.82, 2.24) is 24.5 Å². The molecule has 0 bridgehead atoms. The molecule has 2 fully saturated rings. The lowest BCUT2D eigenvalue weighted by Gasteiger charge is -2.41. The van der Waals surface area contributed by atoms with Gasteiger partial charge in [0.1, 0.15) is 0 Å². The molecule has 1 atom stereocenters. The van der Waals surface area contributed by atoms with E-state index < -0.39 is 12.3 Å². The first kappa shape index (κ1) is 23.2. The lowest BCUT2D eigenvalue weighted by atomic mass is 9.97. The van der Waals surface area contributed by atoms with E-state index in [0.717, 1.165) is 55.9 Å². The minimum Gasteiger partial charge on any atom is -0.378 e. The fraction of sp³-hybridized carbons (Fsp3) is 0.462. The summed E-state index contributed by atoms with van der Waals surface area (Å²) in [6, 6.07) is 6.56. The standard InChI is InChI=1S/C26H29F2N7O/c1-3-17-10-20(21-4-5-22-25(32-21)19(11-24(27)28)15(2)30-22)23-12-29-26(33-35(17)23)31-16-6-8-34(9-7-16)18-13-36-14-18/h3-5,10,12,16,18-19,24H,1,6-9,11,13-14H2,2H3,(H,31,33). The lowest BCUT2D eigenvalue weighted by Crippen LogP contribution is -2.53. The Hall–Kier alpha value is -3.24. The molecular formula is C26H29F2N7O. The molecule has 0 saturated carbocycles. The maximum Gasteiger partial charge on any atom is 0.241 e. The molecule has 3 aromatic heterocycles. The number of ether oxygens (including phenoxy) is 1. The Bertz CT molecular complexity index is 1330. The van der Waals surface area contributed by atoms with Crippen LogP contribution in [0.25, 0.3) is 22.9 Å². The van der Waals surface area contributed by atoms with Crippen LogP contribution in [0.1, 0.15) is 43.5 Å². The Labute approximate surface area is 208 Å². The van der Waals surface area contributed by atoms with E-state index in [2.05, 4.69) is 26.8 Å². The van der Waals surface area contributed by atoms with Crippen molar-refractivity contribution in [1.29, 1.82) is 0 Å². The molecule has 6 heterocycles. The van der Waals surface area contributed by atoms with Crippen LogP contribution in [0.15, 0.2) is 36.0 Å². The highest BCUT2D eigenvalue weighted by Gasteiger charge is 2.31. The second-order valence-electron chi connectivity index (χ2n) is 9.75. The lowest BCUT2D eigenvalue weighted by molar-refractivity contribution is -0.0705. The van der Waals surface area contributed by atoms with Crippen LogP contribution in [-0.4, -0.2) is 75.0 Å². The molecule has 8 nitrogen and oxygen atoms in total. The van der Waals surface area contributed by atoms with Gasteiger partial charge in [0.15, 0.2) is 0 Å². The molecule has 0 aromatic carbocycles. The summed E-state index contributed by atoms with van der Waals surface area (Å²) >= 11 is 0. The van der Waals surface area contributed by atoms with Crippen molar-refractivity contribution in [3.05, 3.63) is 42.4 Å².